The molecular weight excluding hydrogens is 474 g/mol. The van der Waals surface area contributed by atoms with E-state index < -0.39 is 54.3 Å². The molecule has 0 N–H and O–H groups in total. The van der Waals surface area contributed by atoms with Crippen molar-refractivity contribution in [3.05, 3.63) is 35.9 Å². The van der Waals surface area contributed by atoms with Gasteiger partial charge in [-0.2, -0.15) is 43.2 Å². The molecule has 0 atom stereocenters. The SMILES string of the molecule is COC(=O)c1cc2cc(OS(=O)(=O)C(F)(F)F)ccc2cc1OS(=O)(=O)C(F)(F)F. The molecule has 0 unspecified atom stereocenters. The van der Waals surface area contributed by atoms with Crippen LogP contribution in [0.4, 0.5) is 26.3 Å². The topological polar surface area (TPSA) is 113 Å². The molecule has 0 amide bonds. The van der Waals surface area contributed by atoms with Crippen LogP contribution in [0.3, 0.4) is 0 Å². The zero-order valence-electron chi connectivity index (χ0n) is 14.2. The van der Waals surface area contributed by atoms with E-state index in [1.165, 1.54) is 0 Å². The van der Waals surface area contributed by atoms with Gasteiger partial charge in [-0.1, -0.05) is 6.07 Å². The van der Waals surface area contributed by atoms with Gasteiger partial charge >= 0.3 is 37.2 Å². The first-order chi connectivity index (χ1) is 13.5. The number of methoxy groups -OCH3 is 1. The van der Waals surface area contributed by atoms with Crippen molar-refractivity contribution < 1.29 is 61.1 Å². The summed E-state index contributed by atoms with van der Waals surface area (Å²) in [5.74, 6) is -3.27. The summed E-state index contributed by atoms with van der Waals surface area (Å²) in [6, 6.07) is 3.70. The van der Waals surface area contributed by atoms with Crippen molar-refractivity contribution in [3.8, 4) is 11.5 Å². The summed E-state index contributed by atoms with van der Waals surface area (Å²) in [7, 11) is -11.4. The highest BCUT2D eigenvalue weighted by Crippen LogP contribution is 2.34. The Kier molecular flexibility index (Phi) is 5.88. The number of carbonyl (C=O) groups excluding carboxylic acids is 1. The van der Waals surface area contributed by atoms with E-state index in [-0.39, 0.29) is 10.8 Å². The fraction of sp³-hybridized carbons (Fsp3) is 0.214. The lowest BCUT2D eigenvalue weighted by atomic mass is 10.1. The number of halogens is 6. The Balaban J connectivity index is 2.61. The largest absolute Gasteiger partial charge is 0.534 e. The number of hydrogen-bond donors (Lipinski definition) is 0. The molecule has 0 spiro atoms. The second-order valence-electron chi connectivity index (χ2n) is 5.32. The highest BCUT2D eigenvalue weighted by molar-refractivity contribution is 7.88. The molecule has 0 aliphatic carbocycles. The van der Waals surface area contributed by atoms with Gasteiger partial charge in [-0.15, -0.1) is 0 Å². The van der Waals surface area contributed by atoms with E-state index in [0.717, 1.165) is 19.2 Å². The standard InChI is InChI=1S/C14H8F6O8S2/c1-26-12(21)10-5-8-4-9(27-29(22,23)13(15,16)17)3-2-7(8)6-11(10)28-30(24,25)14(18,19)20/h2-6H,1H3. The lowest BCUT2D eigenvalue weighted by Crippen LogP contribution is -2.28. The molecule has 0 saturated heterocycles. The first-order valence-electron chi connectivity index (χ1n) is 7.16. The predicted molar refractivity (Wildman–Crippen MR) is 86.5 cm³/mol. The van der Waals surface area contributed by atoms with Crippen LogP contribution in [-0.4, -0.2) is 40.9 Å². The second-order valence-corrected chi connectivity index (χ2v) is 8.39. The van der Waals surface area contributed by atoms with Gasteiger partial charge in [0, 0.05) is 0 Å². The minimum Gasteiger partial charge on any atom is -0.465 e. The van der Waals surface area contributed by atoms with Crippen molar-refractivity contribution >= 4 is 37.0 Å². The first kappa shape index (κ1) is 23.5. The van der Waals surface area contributed by atoms with Crippen molar-refractivity contribution in [3.63, 3.8) is 0 Å². The lowest BCUT2D eigenvalue weighted by Gasteiger charge is -2.14. The summed E-state index contributed by atoms with van der Waals surface area (Å²) < 4.78 is 132. The summed E-state index contributed by atoms with van der Waals surface area (Å²) in [6.07, 6.45) is 0. The summed E-state index contributed by atoms with van der Waals surface area (Å²) >= 11 is 0. The van der Waals surface area contributed by atoms with E-state index in [2.05, 4.69) is 13.1 Å². The molecule has 0 radical (unpaired) electrons. The van der Waals surface area contributed by atoms with Crippen molar-refractivity contribution in [2.75, 3.05) is 7.11 Å². The number of alkyl halides is 6. The third-order valence-corrected chi connectivity index (χ3v) is 5.23. The van der Waals surface area contributed by atoms with Crippen LogP contribution in [0.25, 0.3) is 10.8 Å². The molecule has 8 nitrogen and oxygen atoms in total. The van der Waals surface area contributed by atoms with Crippen molar-refractivity contribution in [1.82, 2.24) is 0 Å². The van der Waals surface area contributed by atoms with Crippen LogP contribution < -0.4 is 8.37 Å². The highest BCUT2D eigenvalue weighted by Gasteiger charge is 2.49. The maximum absolute atomic E-state index is 12.6. The monoisotopic (exact) mass is 482 g/mol. The summed E-state index contributed by atoms with van der Waals surface area (Å²) in [5.41, 5.74) is -12.4. The predicted octanol–water partition coefficient (Wildman–Crippen LogP) is 3.08. The molecule has 0 aliphatic rings. The maximum Gasteiger partial charge on any atom is 0.534 e. The van der Waals surface area contributed by atoms with E-state index in [4.69, 9.17) is 0 Å². The molecule has 2 aromatic rings. The summed E-state index contributed by atoms with van der Waals surface area (Å²) in [4.78, 5) is 11.8. The van der Waals surface area contributed by atoms with Gasteiger partial charge in [-0.25, -0.2) is 4.79 Å². The van der Waals surface area contributed by atoms with E-state index in [1.54, 1.807) is 0 Å². The zero-order chi connectivity index (χ0) is 23.1. The third kappa shape index (κ3) is 4.69. The molecule has 0 fully saturated rings. The molecule has 0 bridgehead atoms. The second kappa shape index (κ2) is 7.50. The number of rotatable bonds is 5. The molecule has 2 rings (SSSR count). The van der Waals surface area contributed by atoms with Gasteiger partial charge in [0.05, 0.1) is 7.11 Å². The van der Waals surface area contributed by atoms with Crippen LogP contribution in [0.15, 0.2) is 30.3 Å². The summed E-state index contributed by atoms with van der Waals surface area (Å²) in [6.45, 7) is 0. The van der Waals surface area contributed by atoms with Crippen LogP contribution in [0.5, 0.6) is 11.5 Å². The van der Waals surface area contributed by atoms with Gasteiger partial charge < -0.3 is 13.1 Å². The number of carbonyl (C=O) groups is 1. The third-order valence-electron chi connectivity index (χ3n) is 3.29. The molecule has 30 heavy (non-hydrogen) atoms. The van der Waals surface area contributed by atoms with Crippen molar-refractivity contribution in [2.45, 2.75) is 11.0 Å². The first-order valence-corrected chi connectivity index (χ1v) is 9.98. The van der Waals surface area contributed by atoms with Gasteiger partial charge in [0.25, 0.3) is 0 Å². The Bertz CT molecular complexity index is 1200. The fourth-order valence-corrected chi connectivity index (χ4v) is 2.90. The Hall–Kier alpha value is -2.75. The fourth-order valence-electron chi connectivity index (χ4n) is 1.98. The molecule has 0 aromatic heterocycles. The van der Waals surface area contributed by atoms with Gasteiger partial charge in [-0.05, 0) is 35.0 Å². The smallest absolute Gasteiger partial charge is 0.465 e. The molecule has 0 aliphatic heterocycles. The van der Waals surface area contributed by atoms with Crippen LogP contribution >= 0.6 is 0 Å². The molecule has 166 valence electrons. The van der Waals surface area contributed by atoms with E-state index in [0.29, 0.717) is 18.2 Å². The number of fused-ring (bicyclic) bond motifs is 1. The van der Waals surface area contributed by atoms with Crippen LogP contribution in [0.1, 0.15) is 10.4 Å². The quantitative estimate of drug-likeness (QED) is 0.277. The number of esters is 1. The zero-order valence-corrected chi connectivity index (χ0v) is 15.9. The van der Waals surface area contributed by atoms with Crippen LogP contribution in [-0.2, 0) is 25.0 Å². The highest BCUT2D eigenvalue weighted by atomic mass is 32.2. The van der Waals surface area contributed by atoms with Gasteiger partial charge in [-0.3, -0.25) is 0 Å². The molecule has 16 heteroatoms. The Morgan fingerprint density at radius 2 is 1.33 bits per heavy atom. The minimum atomic E-state index is -6.17. The molecule has 0 heterocycles. The van der Waals surface area contributed by atoms with Crippen molar-refractivity contribution in [1.29, 1.82) is 0 Å². The molecule has 0 saturated carbocycles. The normalized spacial score (nSPS) is 13.2. The van der Waals surface area contributed by atoms with E-state index in [9.17, 15) is 48.0 Å². The molecular formula is C14H8F6O8S2. The average Bonchev–Trinajstić information content (AvgIpc) is 2.58. The Labute approximate surface area is 164 Å². The van der Waals surface area contributed by atoms with E-state index in [1.807, 2.05) is 0 Å². The van der Waals surface area contributed by atoms with Crippen LogP contribution in [0.2, 0.25) is 0 Å². The number of hydrogen-bond acceptors (Lipinski definition) is 8. The van der Waals surface area contributed by atoms with Crippen molar-refractivity contribution in [2.24, 2.45) is 0 Å². The number of benzene rings is 2. The summed E-state index contributed by atoms with van der Waals surface area (Å²) in [5, 5.41) is -0.339. The Morgan fingerprint density at radius 3 is 1.83 bits per heavy atom. The Morgan fingerprint density at radius 1 is 0.800 bits per heavy atom. The average molecular weight is 482 g/mol. The lowest BCUT2D eigenvalue weighted by molar-refractivity contribution is -0.0505. The van der Waals surface area contributed by atoms with Gasteiger partial charge in [0.15, 0.2) is 5.75 Å². The van der Waals surface area contributed by atoms with Gasteiger partial charge in [0.2, 0.25) is 0 Å². The van der Waals surface area contributed by atoms with Crippen LogP contribution in [0, 0.1) is 0 Å². The maximum atomic E-state index is 12.6. The number of ether oxygens (including phenoxy) is 1. The van der Waals surface area contributed by atoms with E-state index >= 15 is 0 Å². The van der Waals surface area contributed by atoms with Gasteiger partial charge in [0.1, 0.15) is 11.3 Å². The minimum absolute atomic E-state index is 0.133. The molecule has 2 aromatic carbocycles.